The van der Waals surface area contributed by atoms with Gasteiger partial charge in [-0.3, -0.25) is 9.59 Å². The summed E-state index contributed by atoms with van der Waals surface area (Å²) in [7, 11) is 4.04. The molecule has 0 spiro atoms. The number of hydrogen-bond acceptors (Lipinski definition) is 4. The quantitative estimate of drug-likeness (QED) is 0.554. The van der Waals surface area contributed by atoms with E-state index in [4.69, 9.17) is 5.73 Å². The van der Waals surface area contributed by atoms with E-state index < -0.39 is 11.8 Å². The minimum atomic E-state index is -0.604. The predicted molar refractivity (Wildman–Crippen MR) is 70.0 cm³/mol. The Balaban J connectivity index is 2.43. The number of carbonyl (C=O) groups is 2. The molecule has 0 aliphatic heterocycles. The van der Waals surface area contributed by atoms with Gasteiger partial charge in [-0.15, -0.1) is 0 Å². The van der Waals surface area contributed by atoms with Crippen LogP contribution in [0.4, 0.5) is 0 Å². The molecule has 1 aliphatic rings. The summed E-state index contributed by atoms with van der Waals surface area (Å²) < 4.78 is 0. The summed E-state index contributed by atoms with van der Waals surface area (Å²) in [5.41, 5.74) is 5.26. The molecular weight excluding hydrogens is 232 g/mol. The van der Waals surface area contributed by atoms with Crippen molar-refractivity contribution in [2.75, 3.05) is 33.7 Å². The molecule has 2 amide bonds. The number of nitrogens with zero attached hydrogens (tertiary/aromatic N) is 1. The van der Waals surface area contributed by atoms with Crippen LogP contribution < -0.4 is 16.4 Å². The second-order valence-corrected chi connectivity index (χ2v) is 5.05. The van der Waals surface area contributed by atoms with E-state index in [-0.39, 0.29) is 5.54 Å². The molecule has 4 N–H and O–H groups in total. The fourth-order valence-electron chi connectivity index (χ4n) is 2.41. The number of amides is 2. The molecule has 0 heterocycles. The van der Waals surface area contributed by atoms with Gasteiger partial charge < -0.3 is 21.3 Å². The van der Waals surface area contributed by atoms with Crippen LogP contribution >= 0.6 is 0 Å². The highest BCUT2D eigenvalue weighted by Gasteiger charge is 2.36. The fraction of sp³-hybridized carbons (Fsp3) is 0.833. The second-order valence-electron chi connectivity index (χ2n) is 5.05. The summed E-state index contributed by atoms with van der Waals surface area (Å²) in [4.78, 5) is 25.1. The second kappa shape index (κ2) is 6.70. The van der Waals surface area contributed by atoms with Crippen molar-refractivity contribution in [3.05, 3.63) is 0 Å². The lowest BCUT2D eigenvalue weighted by molar-refractivity contribution is -0.139. The summed E-state index contributed by atoms with van der Waals surface area (Å²) in [6.45, 7) is 1.18. The lowest BCUT2D eigenvalue weighted by atomic mass is 9.96. The third-order valence-corrected chi connectivity index (χ3v) is 3.70. The normalized spacial score (nSPS) is 17.8. The highest BCUT2D eigenvalue weighted by atomic mass is 16.2. The van der Waals surface area contributed by atoms with Crippen LogP contribution in [0.25, 0.3) is 0 Å². The van der Waals surface area contributed by atoms with Crippen molar-refractivity contribution in [1.82, 2.24) is 15.5 Å². The zero-order valence-electron chi connectivity index (χ0n) is 11.3. The Hall–Kier alpha value is -1.14. The first-order valence-corrected chi connectivity index (χ1v) is 6.45. The van der Waals surface area contributed by atoms with E-state index in [0.29, 0.717) is 19.6 Å². The van der Waals surface area contributed by atoms with Gasteiger partial charge in [0.05, 0.1) is 0 Å². The highest BCUT2D eigenvalue weighted by Crippen LogP contribution is 2.32. The zero-order valence-corrected chi connectivity index (χ0v) is 11.3. The molecule has 1 rings (SSSR count). The van der Waals surface area contributed by atoms with Gasteiger partial charge in [0, 0.05) is 25.2 Å². The fourth-order valence-corrected chi connectivity index (χ4v) is 2.41. The maximum Gasteiger partial charge on any atom is 0.309 e. The van der Waals surface area contributed by atoms with Crippen LogP contribution in [-0.2, 0) is 9.59 Å². The van der Waals surface area contributed by atoms with Crippen molar-refractivity contribution >= 4 is 11.8 Å². The largest absolute Gasteiger partial charge is 0.347 e. The van der Waals surface area contributed by atoms with Crippen LogP contribution in [-0.4, -0.2) is 56.0 Å². The number of likely N-dealkylation sites (N-methyl/N-ethyl adjacent to an activating group) is 1. The van der Waals surface area contributed by atoms with E-state index in [1.807, 2.05) is 14.1 Å². The molecular formula is C12H24N4O2. The Labute approximate surface area is 108 Å². The van der Waals surface area contributed by atoms with Gasteiger partial charge in [-0.25, -0.2) is 0 Å². The molecule has 0 bridgehead atoms. The smallest absolute Gasteiger partial charge is 0.309 e. The summed E-state index contributed by atoms with van der Waals surface area (Å²) in [6, 6.07) is 0. The standard InChI is InChI=1S/C12H24N4O2/c1-16(2)12(5-3-4-6-12)9-15-11(18)10(17)14-8-7-13/h3-9,13H2,1-2H3,(H,14,17)(H,15,18). The SMILES string of the molecule is CN(C)C1(CNC(=O)C(=O)NCCN)CCCC1. The number of carbonyl (C=O) groups excluding carboxylic acids is 2. The van der Waals surface area contributed by atoms with Gasteiger partial charge in [0.1, 0.15) is 0 Å². The molecule has 0 aromatic carbocycles. The molecule has 0 radical (unpaired) electrons. The van der Waals surface area contributed by atoms with Crippen LogP contribution in [0.1, 0.15) is 25.7 Å². The van der Waals surface area contributed by atoms with Crippen LogP contribution in [0.15, 0.2) is 0 Å². The van der Waals surface area contributed by atoms with Crippen molar-refractivity contribution in [1.29, 1.82) is 0 Å². The molecule has 0 saturated heterocycles. The highest BCUT2D eigenvalue weighted by molar-refractivity contribution is 6.35. The molecule has 1 aliphatic carbocycles. The van der Waals surface area contributed by atoms with Crippen LogP contribution in [0.3, 0.4) is 0 Å². The Morgan fingerprint density at radius 1 is 1.17 bits per heavy atom. The minimum Gasteiger partial charge on any atom is -0.347 e. The molecule has 6 nitrogen and oxygen atoms in total. The summed E-state index contributed by atoms with van der Waals surface area (Å²) >= 11 is 0. The zero-order chi connectivity index (χ0) is 13.6. The molecule has 0 atom stereocenters. The van der Waals surface area contributed by atoms with E-state index in [2.05, 4.69) is 15.5 Å². The third kappa shape index (κ3) is 3.68. The molecule has 0 unspecified atom stereocenters. The molecule has 0 aromatic heterocycles. The lowest BCUT2D eigenvalue weighted by Gasteiger charge is -2.36. The van der Waals surface area contributed by atoms with E-state index in [9.17, 15) is 9.59 Å². The van der Waals surface area contributed by atoms with Crippen molar-refractivity contribution in [2.24, 2.45) is 5.73 Å². The first kappa shape index (κ1) is 14.9. The molecule has 104 valence electrons. The molecule has 6 heteroatoms. The maximum atomic E-state index is 11.6. The van der Waals surface area contributed by atoms with Gasteiger partial charge in [-0.2, -0.15) is 0 Å². The van der Waals surface area contributed by atoms with Gasteiger partial charge in [0.15, 0.2) is 0 Å². The third-order valence-electron chi connectivity index (χ3n) is 3.70. The topological polar surface area (TPSA) is 87.5 Å². The minimum absolute atomic E-state index is 0.00378. The van der Waals surface area contributed by atoms with E-state index in [1.165, 1.54) is 12.8 Å². The number of rotatable bonds is 5. The predicted octanol–water partition coefficient (Wildman–Crippen LogP) is -0.948. The van der Waals surface area contributed by atoms with Crippen LogP contribution in [0.5, 0.6) is 0 Å². The van der Waals surface area contributed by atoms with Crippen molar-refractivity contribution < 1.29 is 9.59 Å². The Bertz CT molecular complexity index is 298. The Morgan fingerprint density at radius 3 is 2.22 bits per heavy atom. The number of nitrogens with two attached hydrogens (primary N) is 1. The average molecular weight is 256 g/mol. The average Bonchev–Trinajstić information content (AvgIpc) is 2.83. The van der Waals surface area contributed by atoms with Crippen LogP contribution in [0.2, 0.25) is 0 Å². The summed E-state index contributed by atoms with van der Waals surface area (Å²) in [6.07, 6.45) is 4.47. The maximum absolute atomic E-state index is 11.6. The van der Waals surface area contributed by atoms with Gasteiger partial charge in [0.25, 0.3) is 0 Å². The number of nitrogens with one attached hydrogen (secondary N) is 2. The van der Waals surface area contributed by atoms with Gasteiger partial charge >= 0.3 is 11.8 Å². The monoisotopic (exact) mass is 256 g/mol. The first-order chi connectivity index (χ1) is 8.52. The first-order valence-electron chi connectivity index (χ1n) is 6.45. The number of hydrogen-bond donors (Lipinski definition) is 3. The van der Waals surface area contributed by atoms with E-state index in [1.54, 1.807) is 0 Å². The molecule has 1 fully saturated rings. The van der Waals surface area contributed by atoms with Gasteiger partial charge in [-0.1, -0.05) is 12.8 Å². The molecule has 1 saturated carbocycles. The molecule has 0 aromatic rings. The van der Waals surface area contributed by atoms with Gasteiger partial charge in [-0.05, 0) is 26.9 Å². The van der Waals surface area contributed by atoms with Crippen molar-refractivity contribution in [3.8, 4) is 0 Å². The Kier molecular flexibility index (Phi) is 5.55. The van der Waals surface area contributed by atoms with Gasteiger partial charge in [0.2, 0.25) is 0 Å². The lowest BCUT2D eigenvalue weighted by Crippen LogP contribution is -2.53. The van der Waals surface area contributed by atoms with Crippen molar-refractivity contribution in [2.45, 2.75) is 31.2 Å². The summed E-state index contributed by atoms with van der Waals surface area (Å²) in [5, 5.41) is 5.18. The van der Waals surface area contributed by atoms with Crippen LogP contribution in [0, 0.1) is 0 Å². The Morgan fingerprint density at radius 2 is 1.72 bits per heavy atom. The van der Waals surface area contributed by atoms with Crippen molar-refractivity contribution in [3.63, 3.8) is 0 Å². The van der Waals surface area contributed by atoms with E-state index >= 15 is 0 Å². The molecule has 18 heavy (non-hydrogen) atoms. The summed E-state index contributed by atoms with van der Waals surface area (Å²) in [5.74, 6) is -1.18. The van der Waals surface area contributed by atoms with E-state index in [0.717, 1.165) is 12.8 Å².